The molecule has 3 rings (SSSR count). The van der Waals surface area contributed by atoms with Crippen LogP contribution in [0.3, 0.4) is 0 Å². The van der Waals surface area contributed by atoms with Gasteiger partial charge in [0.1, 0.15) is 18.3 Å². The molecule has 0 heterocycles. The molecule has 0 fully saturated rings. The van der Waals surface area contributed by atoms with Gasteiger partial charge in [0.2, 0.25) is 11.8 Å². The molecule has 0 saturated heterocycles. The zero-order valence-corrected chi connectivity index (χ0v) is 22.4. The predicted octanol–water partition coefficient (Wildman–Crippen LogP) is 3.75. The number of nitrogens with one attached hydrogen (secondary N) is 1. The molecule has 0 bridgehead atoms. The SMILES string of the molecule is CCOc1ccc(N(CC(=O)N(Cc2ccc(C)cc2)C(C)C(=O)NC)S(=O)(=O)c2ccccc2)cc1. The van der Waals surface area contributed by atoms with Gasteiger partial charge in [0.25, 0.3) is 10.0 Å². The summed E-state index contributed by atoms with van der Waals surface area (Å²) in [5.41, 5.74) is 2.20. The fourth-order valence-electron chi connectivity index (χ4n) is 3.81. The van der Waals surface area contributed by atoms with Gasteiger partial charge in [-0.15, -0.1) is 0 Å². The number of nitrogens with zero attached hydrogens (tertiary/aromatic N) is 2. The first-order valence-electron chi connectivity index (χ1n) is 12.0. The third kappa shape index (κ3) is 6.89. The molecule has 8 nitrogen and oxygen atoms in total. The van der Waals surface area contributed by atoms with Gasteiger partial charge in [0.05, 0.1) is 17.2 Å². The molecule has 0 saturated carbocycles. The number of carbonyl (C=O) groups is 2. The maximum absolute atomic E-state index is 13.7. The van der Waals surface area contributed by atoms with Crippen LogP contribution in [0.1, 0.15) is 25.0 Å². The Morgan fingerprint density at radius 1 is 0.946 bits per heavy atom. The van der Waals surface area contributed by atoms with Crippen LogP contribution in [0, 0.1) is 6.92 Å². The molecule has 3 aromatic rings. The highest BCUT2D eigenvalue weighted by Gasteiger charge is 2.32. The van der Waals surface area contributed by atoms with Crippen LogP contribution in [0.15, 0.2) is 83.8 Å². The minimum atomic E-state index is -4.09. The number of aryl methyl sites for hydroxylation is 1. The number of sulfonamides is 1. The van der Waals surface area contributed by atoms with Crippen LogP contribution < -0.4 is 14.4 Å². The standard InChI is InChI=1S/C28H33N3O5S/c1-5-36-25-17-15-24(16-18-25)31(37(34,35)26-9-7-6-8-10-26)20-27(32)30(22(3)28(33)29-4)19-23-13-11-21(2)12-14-23/h6-18,22H,5,19-20H2,1-4H3,(H,29,33). The van der Waals surface area contributed by atoms with Crippen LogP contribution in [0.4, 0.5) is 5.69 Å². The van der Waals surface area contributed by atoms with Crippen molar-refractivity contribution in [3.63, 3.8) is 0 Å². The predicted molar refractivity (Wildman–Crippen MR) is 144 cm³/mol. The van der Waals surface area contributed by atoms with E-state index in [4.69, 9.17) is 4.74 Å². The summed E-state index contributed by atoms with van der Waals surface area (Å²) in [5, 5.41) is 2.58. The largest absolute Gasteiger partial charge is 0.494 e. The molecule has 0 radical (unpaired) electrons. The second kappa shape index (κ2) is 12.4. The van der Waals surface area contributed by atoms with Gasteiger partial charge >= 0.3 is 0 Å². The Bertz CT molecular complexity index is 1290. The molecule has 0 aliphatic carbocycles. The van der Waals surface area contributed by atoms with Crippen molar-refractivity contribution in [1.29, 1.82) is 0 Å². The van der Waals surface area contributed by atoms with Gasteiger partial charge in [-0.3, -0.25) is 13.9 Å². The summed E-state index contributed by atoms with van der Waals surface area (Å²) in [5.74, 6) is -0.270. The average molecular weight is 524 g/mol. The van der Waals surface area contributed by atoms with E-state index in [2.05, 4.69) is 5.32 Å². The summed E-state index contributed by atoms with van der Waals surface area (Å²) in [6.07, 6.45) is 0. The van der Waals surface area contributed by atoms with Crippen LogP contribution in [0.25, 0.3) is 0 Å². The van der Waals surface area contributed by atoms with Crippen LogP contribution >= 0.6 is 0 Å². The van der Waals surface area contributed by atoms with E-state index >= 15 is 0 Å². The molecular weight excluding hydrogens is 490 g/mol. The molecule has 37 heavy (non-hydrogen) atoms. The molecule has 0 aliphatic heterocycles. The van der Waals surface area contributed by atoms with Crippen molar-refractivity contribution >= 4 is 27.5 Å². The number of anilines is 1. The lowest BCUT2D eigenvalue weighted by Crippen LogP contribution is -2.50. The Hall–Kier alpha value is -3.85. The lowest BCUT2D eigenvalue weighted by atomic mass is 10.1. The molecule has 196 valence electrons. The summed E-state index contributed by atoms with van der Waals surface area (Å²) < 4.78 is 34.0. The van der Waals surface area contributed by atoms with Gasteiger partial charge in [-0.25, -0.2) is 8.42 Å². The minimum Gasteiger partial charge on any atom is -0.494 e. The summed E-state index contributed by atoms with van der Waals surface area (Å²) in [6.45, 7) is 5.57. The Kier molecular flexibility index (Phi) is 9.30. The lowest BCUT2D eigenvalue weighted by molar-refractivity contribution is -0.139. The molecular formula is C28H33N3O5S. The third-order valence-corrected chi connectivity index (χ3v) is 7.72. The number of likely N-dealkylation sites (N-methyl/N-ethyl adjacent to an activating group) is 1. The molecule has 2 amide bonds. The lowest BCUT2D eigenvalue weighted by Gasteiger charge is -2.31. The Morgan fingerprint density at radius 2 is 1.57 bits per heavy atom. The van der Waals surface area contributed by atoms with E-state index < -0.39 is 28.5 Å². The van der Waals surface area contributed by atoms with E-state index in [1.807, 2.05) is 38.1 Å². The Balaban J connectivity index is 2.01. The average Bonchev–Trinajstić information content (AvgIpc) is 2.91. The zero-order valence-electron chi connectivity index (χ0n) is 21.5. The van der Waals surface area contributed by atoms with Gasteiger partial charge in [-0.05, 0) is 62.7 Å². The first-order chi connectivity index (χ1) is 17.7. The van der Waals surface area contributed by atoms with Crippen molar-refractivity contribution in [2.45, 2.75) is 38.3 Å². The monoisotopic (exact) mass is 523 g/mol. The summed E-state index contributed by atoms with van der Waals surface area (Å²) in [4.78, 5) is 27.7. The first kappa shape index (κ1) is 27.7. The van der Waals surface area contributed by atoms with Crippen LogP contribution in [0.2, 0.25) is 0 Å². The van der Waals surface area contributed by atoms with E-state index in [1.165, 1.54) is 24.1 Å². The van der Waals surface area contributed by atoms with Crippen LogP contribution in [-0.4, -0.2) is 51.4 Å². The third-order valence-electron chi connectivity index (χ3n) is 5.93. The van der Waals surface area contributed by atoms with E-state index in [-0.39, 0.29) is 17.3 Å². The summed E-state index contributed by atoms with van der Waals surface area (Å²) >= 11 is 0. The molecule has 1 unspecified atom stereocenters. The number of hydrogen-bond acceptors (Lipinski definition) is 5. The van der Waals surface area contributed by atoms with Gasteiger partial charge in [-0.2, -0.15) is 0 Å². The van der Waals surface area contributed by atoms with Gasteiger partial charge in [-0.1, -0.05) is 48.0 Å². The van der Waals surface area contributed by atoms with Crippen molar-refractivity contribution in [1.82, 2.24) is 10.2 Å². The molecule has 1 atom stereocenters. The van der Waals surface area contributed by atoms with Crippen LogP contribution in [0.5, 0.6) is 5.75 Å². The van der Waals surface area contributed by atoms with Gasteiger partial charge < -0.3 is 15.0 Å². The molecule has 9 heteroatoms. The van der Waals surface area contributed by atoms with E-state index in [9.17, 15) is 18.0 Å². The van der Waals surface area contributed by atoms with Crippen molar-refractivity contribution in [2.24, 2.45) is 0 Å². The number of rotatable bonds is 11. The van der Waals surface area contributed by atoms with Crippen molar-refractivity contribution < 1.29 is 22.7 Å². The van der Waals surface area contributed by atoms with E-state index in [0.717, 1.165) is 15.4 Å². The number of benzene rings is 3. The second-order valence-electron chi connectivity index (χ2n) is 8.55. The smallest absolute Gasteiger partial charge is 0.264 e. The van der Waals surface area contributed by atoms with Gasteiger partial charge in [0.15, 0.2) is 0 Å². The maximum Gasteiger partial charge on any atom is 0.264 e. The maximum atomic E-state index is 13.7. The highest BCUT2D eigenvalue weighted by Crippen LogP contribution is 2.26. The molecule has 1 N–H and O–H groups in total. The summed E-state index contributed by atoms with van der Waals surface area (Å²) in [7, 11) is -2.59. The zero-order chi connectivity index (χ0) is 27.0. The highest BCUT2D eigenvalue weighted by atomic mass is 32.2. The fraction of sp³-hybridized carbons (Fsp3) is 0.286. The second-order valence-corrected chi connectivity index (χ2v) is 10.4. The van der Waals surface area contributed by atoms with Gasteiger partial charge in [0, 0.05) is 13.6 Å². The Morgan fingerprint density at radius 3 is 2.14 bits per heavy atom. The summed E-state index contributed by atoms with van der Waals surface area (Å²) in [6, 6.07) is 21.3. The van der Waals surface area contributed by atoms with Crippen molar-refractivity contribution in [3.05, 3.63) is 90.0 Å². The number of ether oxygens (including phenoxy) is 1. The molecule has 0 aromatic heterocycles. The van der Waals surface area contributed by atoms with E-state index in [0.29, 0.717) is 18.0 Å². The minimum absolute atomic E-state index is 0.0566. The van der Waals surface area contributed by atoms with Crippen LogP contribution in [-0.2, 0) is 26.2 Å². The fourth-order valence-corrected chi connectivity index (χ4v) is 5.24. The molecule has 0 aliphatic rings. The molecule has 0 spiro atoms. The Labute approximate surface area is 218 Å². The number of hydrogen-bond donors (Lipinski definition) is 1. The van der Waals surface area contributed by atoms with Crippen molar-refractivity contribution in [2.75, 3.05) is 24.5 Å². The number of carbonyl (C=O) groups excluding carboxylic acids is 2. The first-order valence-corrected chi connectivity index (χ1v) is 13.5. The van der Waals surface area contributed by atoms with Crippen molar-refractivity contribution in [3.8, 4) is 5.75 Å². The molecule has 3 aromatic carbocycles. The topological polar surface area (TPSA) is 96.0 Å². The van der Waals surface area contributed by atoms with E-state index in [1.54, 1.807) is 49.4 Å². The highest BCUT2D eigenvalue weighted by molar-refractivity contribution is 7.92. The normalized spacial score (nSPS) is 11.9. The number of amides is 2. The quantitative estimate of drug-likeness (QED) is 0.413.